The van der Waals surface area contributed by atoms with Crippen LogP contribution >= 0.6 is 34.7 Å². The van der Waals surface area contributed by atoms with Gasteiger partial charge in [-0.25, -0.2) is 0 Å². The molecule has 0 radical (unpaired) electrons. The highest BCUT2D eigenvalue weighted by Crippen LogP contribution is 2.21. The monoisotopic (exact) mass is 482 g/mol. The highest BCUT2D eigenvalue weighted by atomic mass is 35.5. The van der Waals surface area contributed by atoms with Gasteiger partial charge in [0.1, 0.15) is 5.82 Å². The van der Waals surface area contributed by atoms with E-state index in [1.54, 1.807) is 11.3 Å². The smallest absolute Gasteiger partial charge is 0.230 e. The van der Waals surface area contributed by atoms with Gasteiger partial charge in [-0.15, -0.1) is 21.5 Å². The molecule has 0 aliphatic rings. The number of benzene rings is 2. The van der Waals surface area contributed by atoms with Gasteiger partial charge >= 0.3 is 0 Å². The second-order valence-electron chi connectivity index (χ2n) is 7.23. The predicted molar refractivity (Wildman–Crippen MR) is 131 cm³/mol. The molecule has 0 aliphatic carbocycles. The Morgan fingerprint density at radius 1 is 1.00 bits per heavy atom. The van der Waals surface area contributed by atoms with Gasteiger partial charge in [-0.3, -0.25) is 4.79 Å². The van der Waals surface area contributed by atoms with Gasteiger partial charge in [0, 0.05) is 29.4 Å². The summed E-state index contributed by atoms with van der Waals surface area (Å²) in [5, 5.41) is 15.3. The van der Waals surface area contributed by atoms with Crippen molar-refractivity contribution in [2.45, 2.75) is 31.1 Å². The number of halogens is 1. The normalized spacial score (nSPS) is 10.9. The number of carbonyl (C=O) groups is 1. The molecule has 1 N–H and O–H groups in total. The lowest BCUT2D eigenvalue weighted by Crippen LogP contribution is -2.24. The third-order valence-electron chi connectivity index (χ3n) is 4.91. The first kappa shape index (κ1) is 22.6. The summed E-state index contributed by atoms with van der Waals surface area (Å²) in [4.78, 5) is 13.6. The number of amides is 1. The van der Waals surface area contributed by atoms with Crippen molar-refractivity contribution in [3.63, 3.8) is 0 Å². The van der Waals surface area contributed by atoms with E-state index < -0.39 is 0 Å². The van der Waals surface area contributed by atoms with Crippen molar-refractivity contribution >= 4 is 40.6 Å². The van der Waals surface area contributed by atoms with Gasteiger partial charge in [-0.2, -0.15) is 0 Å². The number of carbonyl (C=O) groups excluding carboxylic acids is 1. The number of aryl methyl sites for hydroxylation is 1. The van der Waals surface area contributed by atoms with Crippen LogP contribution in [0.25, 0.3) is 0 Å². The van der Waals surface area contributed by atoms with Crippen molar-refractivity contribution < 1.29 is 4.79 Å². The van der Waals surface area contributed by atoms with Crippen LogP contribution in [0.3, 0.4) is 0 Å². The number of nitrogens with zero attached hydrogens (tertiary/aromatic N) is 3. The number of hydrogen-bond donors (Lipinski definition) is 1. The zero-order chi connectivity index (χ0) is 22.2. The Kier molecular flexibility index (Phi) is 7.98. The van der Waals surface area contributed by atoms with E-state index in [1.165, 1.54) is 22.2 Å². The lowest BCUT2D eigenvalue weighted by molar-refractivity contribution is -0.118. The lowest BCUT2D eigenvalue weighted by Gasteiger charge is -2.10. The molecule has 4 rings (SSSR count). The quantitative estimate of drug-likeness (QED) is 0.314. The second kappa shape index (κ2) is 11.3. The minimum Gasteiger partial charge on any atom is -0.351 e. The van der Waals surface area contributed by atoms with Crippen molar-refractivity contribution in [3.8, 4) is 0 Å². The lowest BCUT2D eigenvalue weighted by atomic mass is 10.1. The molecule has 0 saturated heterocycles. The fraction of sp³-hybridized carbons (Fsp3) is 0.208. The van der Waals surface area contributed by atoms with Gasteiger partial charge in [0.2, 0.25) is 5.91 Å². The van der Waals surface area contributed by atoms with E-state index in [0.717, 1.165) is 35.9 Å². The van der Waals surface area contributed by atoms with Crippen molar-refractivity contribution in [3.05, 3.63) is 99.0 Å². The summed E-state index contributed by atoms with van der Waals surface area (Å²) in [5.41, 5.74) is 2.27. The van der Waals surface area contributed by atoms with E-state index in [4.69, 9.17) is 11.6 Å². The van der Waals surface area contributed by atoms with Crippen LogP contribution in [0, 0.1) is 0 Å². The number of hydrogen-bond acceptors (Lipinski definition) is 5. The van der Waals surface area contributed by atoms with Gasteiger partial charge in [0.25, 0.3) is 0 Å². The summed E-state index contributed by atoms with van der Waals surface area (Å²) in [5.74, 6) is 1.17. The fourth-order valence-corrected chi connectivity index (χ4v) is 4.86. The van der Waals surface area contributed by atoms with E-state index in [2.05, 4.69) is 55.8 Å². The van der Waals surface area contributed by atoms with Crippen LogP contribution < -0.4 is 5.32 Å². The summed E-state index contributed by atoms with van der Waals surface area (Å²) in [7, 11) is 0. The summed E-state index contributed by atoms with van der Waals surface area (Å²) >= 11 is 9.05. The molecule has 8 heteroatoms. The van der Waals surface area contributed by atoms with E-state index in [9.17, 15) is 4.79 Å². The molecule has 1 amide bonds. The maximum Gasteiger partial charge on any atom is 0.230 e. The van der Waals surface area contributed by atoms with Crippen LogP contribution in [-0.2, 0) is 30.7 Å². The van der Waals surface area contributed by atoms with Crippen molar-refractivity contribution in [1.29, 1.82) is 0 Å². The fourth-order valence-electron chi connectivity index (χ4n) is 3.22. The first-order valence-corrected chi connectivity index (χ1v) is 12.5. The molecule has 2 aromatic carbocycles. The van der Waals surface area contributed by atoms with E-state index in [1.807, 2.05) is 36.4 Å². The number of thiophene rings is 1. The highest BCUT2D eigenvalue weighted by Gasteiger charge is 2.15. The molecule has 0 unspecified atom stereocenters. The van der Waals surface area contributed by atoms with Crippen molar-refractivity contribution in [2.24, 2.45) is 0 Å². The largest absolute Gasteiger partial charge is 0.351 e. The standard InChI is InChI=1S/C24H23ClN4OS2/c25-20-10-8-19(9-11-20)16-26-23(30)17-32-24-28-27-22(15-21-7-4-14-31-21)29(24)13-12-18-5-2-1-3-6-18/h1-11,14H,12-13,15-17H2,(H,26,30). The molecular formula is C24H23ClN4OS2. The molecule has 0 spiro atoms. The van der Waals surface area contributed by atoms with Gasteiger partial charge in [-0.05, 0) is 41.1 Å². The Morgan fingerprint density at radius 3 is 2.56 bits per heavy atom. The third-order valence-corrected chi connectivity index (χ3v) is 7.00. The Bertz CT molecular complexity index is 1130. The molecule has 5 nitrogen and oxygen atoms in total. The SMILES string of the molecule is O=C(CSc1nnc(Cc2cccs2)n1CCc1ccccc1)NCc1ccc(Cl)cc1. The summed E-state index contributed by atoms with van der Waals surface area (Å²) in [6, 6.07) is 22.0. The number of thioether (sulfide) groups is 1. The van der Waals surface area contributed by atoms with Gasteiger partial charge in [-0.1, -0.05) is 71.9 Å². The molecule has 0 fully saturated rings. The Hall–Kier alpha value is -2.61. The molecule has 2 aromatic heterocycles. The van der Waals surface area contributed by atoms with Crippen LogP contribution in [0.15, 0.2) is 77.3 Å². The average molecular weight is 483 g/mol. The number of aromatic nitrogens is 3. The predicted octanol–water partition coefficient (Wildman–Crippen LogP) is 5.24. The molecule has 164 valence electrons. The first-order valence-electron chi connectivity index (χ1n) is 10.3. The molecule has 0 saturated carbocycles. The van der Waals surface area contributed by atoms with E-state index in [-0.39, 0.29) is 11.7 Å². The maximum atomic E-state index is 12.4. The maximum absolute atomic E-state index is 12.4. The average Bonchev–Trinajstić information content (AvgIpc) is 3.47. The Balaban J connectivity index is 1.39. The van der Waals surface area contributed by atoms with Crippen LogP contribution in [-0.4, -0.2) is 26.4 Å². The van der Waals surface area contributed by atoms with E-state index in [0.29, 0.717) is 11.6 Å². The van der Waals surface area contributed by atoms with Crippen molar-refractivity contribution in [2.75, 3.05) is 5.75 Å². The molecule has 0 bridgehead atoms. The molecular weight excluding hydrogens is 460 g/mol. The van der Waals surface area contributed by atoms with Crippen molar-refractivity contribution in [1.82, 2.24) is 20.1 Å². The van der Waals surface area contributed by atoms with Crippen LogP contribution in [0.1, 0.15) is 21.8 Å². The summed E-state index contributed by atoms with van der Waals surface area (Å²) < 4.78 is 2.14. The minimum absolute atomic E-state index is 0.0395. The minimum atomic E-state index is -0.0395. The Morgan fingerprint density at radius 2 is 1.81 bits per heavy atom. The molecule has 4 aromatic rings. The topological polar surface area (TPSA) is 59.8 Å². The Labute approximate surface area is 200 Å². The van der Waals surface area contributed by atoms with E-state index >= 15 is 0 Å². The summed E-state index contributed by atoms with van der Waals surface area (Å²) in [6.07, 6.45) is 1.62. The first-order chi connectivity index (χ1) is 15.7. The zero-order valence-corrected chi connectivity index (χ0v) is 19.8. The van der Waals surface area contributed by atoms with Crippen LogP contribution in [0.5, 0.6) is 0 Å². The van der Waals surface area contributed by atoms with Crippen LogP contribution in [0.2, 0.25) is 5.02 Å². The molecule has 0 aliphatic heterocycles. The zero-order valence-electron chi connectivity index (χ0n) is 17.4. The molecule has 32 heavy (non-hydrogen) atoms. The number of rotatable bonds is 10. The molecule has 0 atom stereocenters. The van der Waals surface area contributed by atoms with Crippen LogP contribution in [0.4, 0.5) is 0 Å². The summed E-state index contributed by atoms with van der Waals surface area (Å²) in [6.45, 7) is 1.24. The van der Waals surface area contributed by atoms with Gasteiger partial charge in [0.05, 0.1) is 5.75 Å². The van der Waals surface area contributed by atoms with Gasteiger partial charge < -0.3 is 9.88 Å². The third kappa shape index (κ3) is 6.45. The second-order valence-corrected chi connectivity index (χ2v) is 9.65. The molecule has 2 heterocycles. The highest BCUT2D eigenvalue weighted by molar-refractivity contribution is 7.99. The number of nitrogens with one attached hydrogen (secondary N) is 1. The van der Waals surface area contributed by atoms with Gasteiger partial charge in [0.15, 0.2) is 5.16 Å².